The number of carbonyl (C=O) groups excluding carboxylic acids is 1. The van der Waals surface area contributed by atoms with Gasteiger partial charge in [-0.3, -0.25) is 4.79 Å². The third-order valence-corrected chi connectivity index (χ3v) is 3.33. The molecule has 4 nitrogen and oxygen atoms in total. The number of hydrogen-bond donors (Lipinski definition) is 1. The lowest BCUT2D eigenvalue weighted by Crippen LogP contribution is -2.24. The summed E-state index contributed by atoms with van der Waals surface area (Å²) >= 11 is 3.06. The molecule has 0 radical (unpaired) electrons. The van der Waals surface area contributed by atoms with Crippen LogP contribution in [-0.2, 0) is 13.6 Å². The Morgan fingerprint density at radius 2 is 2.33 bits per heavy atom. The van der Waals surface area contributed by atoms with Crippen molar-refractivity contribution in [2.75, 3.05) is 0 Å². The van der Waals surface area contributed by atoms with E-state index in [1.807, 2.05) is 7.05 Å². The molecule has 0 saturated heterocycles. The Labute approximate surface area is 112 Å². The van der Waals surface area contributed by atoms with Gasteiger partial charge in [0, 0.05) is 19.4 Å². The fourth-order valence-electron chi connectivity index (χ4n) is 1.50. The first-order valence-electron chi connectivity index (χ1n) is 5.28. The Hall–Kier alpha value is -1.69. The van der Waals surface area contributed by atoms with Crippen LogP contribution in [0.2, 0.25) is 0 Å². The van der Waals surface area contributed by atoms with Gasteiger partial charge in [-0.25, -0.2) is 9.37 Å². The quantitative estimate of drug-likeness (QED) is 0.945. The van der Waals surface area contributed by atoms with Gasteiger partial charge < -0.3 is 9.88 Å². The summed E-state index contributed by atoms with van der Waals surface area (Å²) in [6.45, 7) is 0.297. The van der Waals surface area contributed by atoms with Crippen LogP contribution in [0.25, 0.3) is 0 Å². The van der Waals surface area contributed by atoms with E-state index in [-0.39, 0.29) is 15.9 Å². The number of imidazole rings is 1. The van der Waals surface area contributed by atoms with Crippen LogP contribution in [0.3, 0.4) is 0 Å². The third-order valence-electron chi connectivity index (χ3n) is 2.52. The molecule has 0 fully saturated rings. The molecule has 0 spiro atoms. The zero-order valence-corrected chi connectivity index (χ0v) is 11.2. The largest absolute Gasteiger partial charge is 0.345 e. The normalized spacial score (nSPS) is 10.4. The van der Waals surface area contributed by atoms with Crippen LogP contribution in [0.1, 0.15) is 16.2 Å². The van der Waals surface area contributed by atoms with Crippen LogP contribution in [-0.4, -0.2) is 15.5 Å². The summed E-state index contributed by atoms with van der Waals surface area (Å²) in [5.74, 6) is -0.0695. The number of halogens is 2. The van der Waals surface area contributed by atoms with Gasteiger partial charge in [-0.1, -0.05) is 6.07 Å². The Balaban J connectivity index is 2.09. The number of nitrogens with one attached hydrogen (secondary N) is 1. The van der Waals surface area contributed by atoms with E-state index in [0.29, 0.717) is 6.54 Å². The predicted octanol–water partition coefficient (Wildman–Crippen LogP) is 2.25. The molecule has 18 heavy (non-hydrogen) atoms. The fourth-order valence-corrected chi connectivity index (χ4v) is 1.94. The Kier molecular flexibility index (Phi) is 3.76. The number of rotatable bonds is 3. The van der Waals surface area contributed by atoms with E-state index in [4.69, 9.17) is 0 Å². The van der Waals surface area contributed by atoms with Gasteiger partial charge in [0.15, 0.2) is 0 Å². The highest BCUT2D eigenvalue weighted by molar-refractivity contribution is 9.10. The molecule has 0 aliphatic heterocycles. The minimum atomic E-state index is -0.459. The third kappa shape index (κ3) is 2.59. The summed E-state index contributed by atoms with van der Waals surface area (Å²) in [4.78, 5) is 16.0. The molecule has 0 aliphatic carbocycles. The van der Waals surface area contributed by atoms with Gasteiger partial charge in [0.2, 0.25) is 0 Å². The van der Waals surface area contributed by atoms with Crippen LogP contribution < -0.4 is 5.32 Å². The zero-order chi connectivity index (χ0) is 13.1. The summed E-state index contributed by atoms with van der Waals surface area (Å²) < 4.78 is 15.2. The average Bonchev–Trinajstić information content (AvgIpc) is 2.75. The van der Waals surface area contributed by atoms with Crippen molar-refractivity contribution in [3.63, 3.8) is 0 Å². The minimum absolute atomic E-state index is 0.169. The Morgan fingerprint density at radius 1 is 1.56 bits per heavy atom. The van der Waals surface area contributed by atoms with E-state index in [1.165, 1.54) is 12.1 Å². The highest BCUT2D eigenvalue weighted by atomic mass is 79.9. The number of benzene rings is 1. The first kappa shape index (κ1) is 12.8. The van der Waals surface area contributed by atoms with Crippen molar-refractivity contribution in [1.29, 1.82) is 0 Å². The van der Waals surface area contributed by atoms with Crippen molar-refractivity contribution in [3.8, 4) is 0 Å². The van der Waals surface area contributed by atoms with Crippen LogP contribution in [0.5, 0.6) is 0 Å². The lowest BCUT2D eigenvalue weighted by molar-refractivity contribution is 0.0948. The second kappa shape index (κ2) is 5.30. The van der Waals surface area contributed by atoms with Crippen molar-refractivity contribution in [2.24, 2.45) is 7.05 Å². The highest BCUT2D eigenvalue weighted by Gasteiger charge is 2.13. The summed E-state index contributed by atoms with van der Waals surface area (Å²) in [6.07, 6.45) is 3.44. The summed E-state index contributed by atoms with van der Waals surface area (Å²) in [6, 6.07) is 4.34. The molecule has 0 unspecified atom stereocenters. The number of hydrogen-bond acceptors (Lipinski definition) is 2. The molecule has 6 heteroatoms. The summed E-state index contributed by atoms with van der Waals surface area (Å²) in [7, 11) is 1.84. The van der Waals surface area contributed by atoms with Crippen molar-refractivity contribution in [2.45, 2.75) is 6.54 Å². The van der Waals surface area contributed by atoms with Gasteiger partial charge in [0.1, 0.15) is 11.6 Å². The maximum absolute atomic E-state index is 13.3. The average molecular weight is 312 g/mol. The molecule has 94 valence electrons. The minimum Gasteiger partial charge on any atom is -0.345 e. The van der Waals surface area contributed by atoms with E-state index in [1.54, 1.807) is 23.0 Å². The van der Waals surface area contributed by atoms with Crippen molar-refractivity contribution in [1.82, 2.24) is 14.9 Å². The van der Waals surface area contributed by atoms with E-state index in [2.05, 4.69) is 26.2 Å². The monoisotopic (exact) mass is 311 g/mol. The maximum atomic E-state index is 13.3. The van der Waals surface area contributed by atoms with Gasteiger partial charge in [-0.2, -0.15) is 0 Å². The van der Waals surface area contributed by atoms with Gasteiger partial charge >= 0.3 is 0 Å². The van der Waals surface area contributed by atoms with Crippen LogP contribution in [0.15, 0.2) is 35.1 Å². The van der Waals surface area contributed by atoms with Crippen molar-refractivity contribution >= 4 is 21.8 Å². The predicted molar refractivity (Wildman–Crippen MR) is 68.5 cm³/mol. The molecular formula is C12H11BrFN3O. The van der Waals surface area contributed by atoms with Gasteiger partial charge in [0.25, 0.3) is 5.91 Å². The second-order valence-corrected chi connectivity index (χ2v) is 4.53. The number of aryl methyl sites for hydroxylation is 1. The van der Waals surface area contributed by atoms with Crippen LogP contribution in [0.4, 0.5) is 4.39 Å². The van der Waals surface area contributed by atoms with Crippen molar-refractivity contribution < 1.29 is 9.18 Å². The lowest BCUT2D eigenvalue weighted by Gasteiger charge is -2.07. The van der Waals surface area contributed by atoms with Gasteiger partial charge in [0.05, 0.1) is 16.6 Å². The molecule has 0 aliphatic rings. The Bertz CT molecular complexity index is 582. The topological polar surface area (TPSA) is 46.9 Å². The zero-order valence-electron chi connectivity index (χ0n) is 9.65. The van der Waals surface area contributed by atoms with Gasteiger partial charge in [-0.15, -0.1) is 0 Å². The van der Waals surface area contributed by atoms with E-state index < -0.39 is 5.82 Å². The molecular weight excluding hydrogens is 301 g/mol. The molecule has 0 bridgehead atoms. The highest BCUT2D eigenvalue weighted by Crippen LogP contribution is 2.20. The van der Waals surface area contributed by atoms with E-state index in [9.17, 15) is 9.18 Å². The molecule has 1 N–H and O–H groups in total. The number of nitrogens with zero attached hydrogens (tertiary/aromatic N) is 2. The molecule has 2 rings (SSSR count). The lowest BCUT2D eigenvalue weighted by atomic mass is 10.2. The fraction of sp³-hybridized carbons (Fsp3) is 0.167. The number of amides is 1. The number of aromatic nitrogens is 2. The van der Waals surface area contributed by atoms with E-state index in [0.717, 1.165) is 5.82 Å². The first-order valence-corrected chi connectivity index (χ1v) is 6.07. The Morgan fingerprint density at radius 3 is 3.00 bits per heavy atom. The molecule has 0 atom stereocenters. The summed E-state index contributed by atoms with van der Waals surface area (Å²) in [5, 5.41) is 2.69. The molecule has 1 amide bonds. The van der Waals surface area contributed by atoms with Crippen LogP contribution in [0, 0.1) is 5.82 Å². The molecule has 2 aromatic rings. The molecule has 1 aromatic carbocycles. The smallest absolute Gasteiger partial charge is 0.252 e. The summed E-state index contributed by atoms with van der Waals surface area (Å²) in [5.41, 5.74) is 0.268. The molecule has 1 aromatic heterocycles. The van der Waals surface area contributed by atoms with E-state index >= 15 is 0 Å². The molecule has 0 saturated carbocycles. The molecule has 1 heterocycles. The van der Waals surface area contributed by atoms with Crippen molar-refractivity contribution in [3.05, 3.63) is 52.3 Å². The number of carbonyl (C=O) groups is 1. The first-order chi connectivity index (χ1) is 8.59. The maximum Gasteiger partial charge on any atom is 0.252 e. The van der Waals surface area contributed by atoms with Gasteiger partial charge in [-0.05, 0) is 28.1 Å². The SMILES string of the molecule is Cn1ccnc1CNC(=O)c1cccc(F)c1Br. The standard InChI is InChI=1S/C12H11BrFN3O/c1-17-6-5-15-10(17)7-16-12(18)8-3-2-4-9(14)11(8)13/h2-6H,7H2,1H3,(H,16,18). The second-order valence-electron chi connectivity index (χ2n) is 3.74. The van der Waals surface area contributed by atoms with Crippen LogP contribution >= 0.6 is 15.9 Å².